The highest BCUT2D eigenvalue weighted by molar-refractivity contribution is 7.92. The molecule has 10 heteroatoms. The number of anilines is 1. The molecule has 2 aliphatic heterocycles. The first-order valence-corrected chi connectivity index (χ1v) is 12.8. The normalized spacial score (nSPS) is 23.4. The van der Waals surface area contributed by atoms with Gasteiger partial charge in [-0.25, -0.2) is 8.42 Å². The highest BCUT2D eigenvalue weighted by atomic mass is 32.2. The lowest BCUT2D eigenvalue weighted by molar-refractivity contribution is -0.142. The summed E-state index contributed by atoms with van der Waals surface area (Å²) in [6, 6.07) is 11.2. The van der Waals surface area contributed by atoms with Gasteiger partial charge in [0.1, 0.15) is 23.7 Å². The predicted octanol–water partition coefficient (Wildman–Crippen LogP) is 2.41. The zero-order chi connectivity index (χ0) is 24.3. The summed E-state index contributed by atoms with van der Waals surface area (Å²) in [5.41, 5.74) is 1.24. The zero-order valence-electron chi connectivity index (χ0n) is 19.2. The van der Waals surface area contributed by atoms with Crippen LogP contribution in [-0.2, 0) is 19.6 Å². The summed E-state index contributed by atoms with van der Waals surface area (Å²) < 4.78 is 45.4. The minimum Gasteiger partial charge on any atom is -0.497 e. The van der Waals surface area contributed by atoms with Crippen molar-refractivity contribution in [2.75, 3.05) is 25.0 Å². The van der Waals surface area contributed by atoms with Crippen molar-refractivity contribution in [3.8, 4) is 11.5 Å². The number of methoxy groups -OCH3 is 1. The molecule has 0 aromatic heterocycles. The third-order valence-electron chi connectivity index (χ3n) is 6.11. The van der Waals surface area contributed by atoms with E-state index in [1.54, 1.807) is 30.3 Å². The monoisotopic (exact) mass is 490 g/mol. The Labute approximate surface area is 199 Å². The van der Waals surface area contributed by atoms with Crippen LogP contribution < -0.4 is 19.5 Å². The maximum absolute atomic E-state index is 12.9. The summed E-state index contributed by atoms with van der Waals surface area (Å²) in [7, 11) is -2.28. The van der Waals surface area contributed by atoms with Crippen molar-refractivity contribution in [2.45, 2.75) is 55.3 Å². The van der Waals surface area contributed by atoms with Crippen molar-refractivity contribution in [1.29, 1.82) is 0 Å². The Morgan fingerprint density at radius 3 is 2.65 bits per heavy atom. The molecule has 2 aromatic rings. The molecule has 0 aliphatic carbocycles. The number of aliphatic hydroxyl groups excluding tert-OH is 1. The van der Waals surface area contributed by atoms with Crippen LogP contribution in [0.5, 0.6) is 11.5 Å². The molecule has 184 valence electrons. The molecule has 4 atom stereocenters. The van der Waals surface area contributed by atoms with Crippen LogP contribution in [0.4, 0.5) is 5.69 Å². The molecule has 0 radical (unpaired) electrons. The lowest BCUT2D eigenvalue weighted by Gasteiger charge is -2.37. The Kier molecular flexibility index (Phi) is 7.30. The lowest BCUT2D eigenvalue weighted by Crippen LogP contribution is -2.47. The van der Waals surface area contributed by atoms with E-state index in [4.69, 9.17) is 14.2 Å². The van der Waals surface area contributed by atoms with Crippen molar-refractivity contribution < 1.29 is 32.5 Å². The van der Waals surface area contributed by atoms with Gasteiger partial charge in [-0.1, -0.05) is 6.92 Å². The molecule has 1 saturated heterocycles. The van der Waals surface area contributed by atoms with E-state index in [-0.39, 0.29) is 35.9 Å². The van der Waals surface area contributed by atoms with Gasteiger partial charge in [-0.3, -0.25) is 9.52 Å². The number of rotatable bonds is 9. The van der Waals surface area contributed by atoms with E-state index in [9.17, 15) is 18.3 Å². The molecular formula is C24H30N2O7S. The molecule has 4 rings (SSSR count). The Balaban J connectivity index is 1.53. The first-order chi connectivity index (χ1) is 16.3. The Morgan fingerprint density at radius 2 is 1.97 bits per heavy atom. The molecule has 34 heavy (non-hydrogen) atoms. The summed E-state index contributed by atoms with van der Waals surface area (Å²) >= 11 is 0. The van der Waals surface area contributed by atoms with Crippen molar-refractivity contribution in [2.24, 2.45) is 0 Å². The third kappa shape index (κ3) is 5.13. The van der Waals surface area contributed by atoms with Crippen molar-refractivity contribution in [1.82, 2.24) is 5.32 Å². The van der Waals surface area contributed by atoms with Crippen LogP contribution in [0, 0.1) is 0 Å². The number of sulfonamides is 1. The fourth-order valence-electron chi connectivity index (χ4n) is 4.46. The van der Waals surface area contributed by atoms with E-state index in [1.807, 2.05) is 6.92 Å². The highest BCUT2D eigenvalue weighted by Gasteiger charge is 2.46. The lowest BCUT2D eigenvalue weighted by atomic mass is 9.84. The SMILES string of the molecule is CCCNC(=O)C[C@@H]1C[C@H]2c3cc(NS(=O)(=O)c4ccc(OC)cc4)ccc3O[C@H]2[C@H](CO)O1. The molecule has 0 saturated carbocycles. The van der Waals surface area contributed by atoms with Crippen LogP contribution >= 0.6 is 0 Å². The van der Waals surface area contributed by atoms with Crippen LogP contribution in [0.1, 0.15) is 37.7 Å². The number of hydrogen-bond donors (Lipinski definition) is 3. The number of carbonyl (C=O) groups is 1. The van der Waals surface area contributed by atoms with E-state index in [0.717, 1.165) is 12.0 Å². The Morgan fingerprint density at radius 1 is 1.21 bits per heavy atom. The summed E-state index contributed by atoms with van der Waals surface area (Å²) in [6.45, 7) is 2.35. The fraction of sp³-hybridized carbons (Fsp3) is 0.458. The first kappa shape index (κ1) is 24.3. The number of benzene rings is 2. The maximum Gasteiger partial charge on any atom is 0.261 e. The van der Waals surface area contributed by atoms with Gasteiger partial charge in [0.2, 0.25) is 5.91 Å². The van der Waals surface area contributed by atoms with Gasteiger partial charge in [-0.05, 0) is 55.3 Å². The number of ether oxygens (including phenoxy) is 3. The van der Waals surface area contributed by atoms with Crippen LogP contribution in [-0.4, -0.2) is 58.0 Å². The second-order valence-electron chi connectivity index (χ2n) is 8.49. The molecule has 1 fully saturated rings. The smallest absolute Gasteiger partial charge is 0.261 e. The predicted molar refractivity (Wildman–Crippen MR) is 126 cm³/mol. The van der Waals surface area contributed by atoms with E-state index < -0.39 is 22.2 Å². The second-order valence-corrected chi connectivity index (χ2v) is 10.2. The van der Waals surface area contributed by atoms with Gasteiger partial charge in [0.15, 0.2) is 0 Å². The first-order valence-electron chi connectivity index (χ1n) is 11.3. The van der Waals surface area contributed by atoms with E-state index in [1.165, 1.54) is 19.2 Å². The third-order valence-corrected chi connectivity index (χ3v) is 7.50. The van der Waals surface area contributed by atoms with Gasteiger partial charge < -0.3 is 24.6 Å². The molecule has 2 heterocycles. The van der Waals surface area contributed by atoms with Gasteiger partial charge in [0, 0.05) is 23.7 Å². The second kappa shape index (κ2) is 10.2. The number of nitrogens with one attached hydrogen (secondary N) is 2. The Bertz CT molecular complexity index is 1120. The Hall–Kier alpha value is -2.82. The molecule has 0 unspecified atom stereocenters. The molecule has 1 amide bonds. The van der Waals surface area contributed by atoms with Crippen LogP contribution in [0.25, 0.3) is 0 Å². The number of aliphatic hydroxyl groups is 1. The summed E-state index contributed by atoms with van der Waals surface area (Å²) in [4.78, 5) is 12.3. The minimum absolute atomic E-state index is 0.0952. The highest BCUT2D eigenvalue weighted by Crippen LogP contribution is 2.47. The molecular weight excluding hydrogens is 460 g/mol. The largest absolute Gasteiger partial charge is 0.497 e. The molecule has 2 aliphatic rings. The molecule has 2 aromatic carbocycles. The van der Waals surface area contributed by atoms with E-state index in [0.29, 0.717) is 30.2 Å². The average Bonchev–Trinajstić information content (AvgIpc) is 3.20. The molecule has 0 bridgehead atoms. The quantitative estimate of drug-likeness (QED) is 0.493. The fourth-order valence-corrected chi connectivity index (χ4v) is 5.51. The molecule has 0 spiro atoms. The summed E-state index contributed by atoms with van der Waals surface area (Å²) in [5, 5.41) is 12.7. The van der Waals surface area contributed by atoms with Gasteiger partial charge in [-0.2, -0.15) is 0 Å². The van der Waals surface area contributed by atoms with Crippen LogP contribution in [0.15, 0.2) is 47.4 Å². The van der Waals surface area contributed by atoms with Crippen molar-refractivity contribution in [3.63, 3.8) is 0 Å². The number of fused-ring (bicyclic) bond motifs is 3. The number of hydrogen-bond acceptors (Lipinski definition) is 7. The summed E-state index contributed by atoms with van der Waals surface area (Å²) in [6.07, 6.45) is 0.223. The van der Waals surface area contributed by atoms with Crippen LogP contribution in [0.2, 0.25) is 0 Å². The van der Waals surface area contributed by atoms with Crippen LogP contribution in [0.3, 0.4) is 0 Å². The summed E-state index contributed by atoms with van der Waals surface area (Å²) in [5.74, 6) is 0.966. The van der Waals surface area contributed by atoms with Crippen molar-refractivity contribution in [3.05, 3.63) is 48.0 Å². The maximum atomic E-state index is 12.9. The number of carbonyl (C=O) groups excluding carboxylic acids is 1. The van der Waals surface area contributed by atoms with Gasteiger partial charge in [0.25, 0.3) is 10.0 Å². The topological polar surface area (TPSA) is 123 Å². The molecule has 9 nitrogen and oxygen atoms in total. The van der Waals surface area contributed by atoms with E-state index >= 15 is 0 Å². The van der Waals surface area contributed by atoms with Gasteiger partial charge >= 0.3 is 0 Å². The average molecular weight is 491 g/mol. The minimum atomic E-state index is -3.80. The van der Waals surface area contributed by atoms with E-state index in [2.05, 4.69) is 10.0 Å². The van der Waals surface area contributed by atoms with Crippen molar-refractivity contribution >= 4 is 21.6 Å². The van der Waals surface area contributed by atoms with Gasteiger partial charge in [-0.15, -0.1) is 0 Å². The zero-order valence-corrected chi connectivity index (χ0v) is 20.0. The number of amides is 1. The molecule has 3 N–H and O–H groups in total. The van der Waals surface area contributed by atoms with Gasteiger partial charge in [0.05, 0.1) is 31.1 Å². The standard InChI is InChI=1S/C24H30N2O7S/c1-3-10-25-23(28)13-17-12-20-19-11-15(4-9-21(19)33-24(20)22(14-27)32-17)26-34(29,30)18-7-5-16(31-2)6-8-18/h4-9,11,17,20,22,24,26-27H,3,10,12-14H2,1-2H3,(H,25,28)/t17-,20-,22-,24+/m0/s1.